The predicted octanol–water partition coefficient (Wildman–Crippen LogP) is -1.95. The number of alkyl halides is 2. The number of hydrogen-bond acceptors (Lipinski definition) is 17. The van der Waals surface area contributed by atoms with Crippen molar-refractivity contribution in [1.29, 1.82) is 0 Å². The molecular weight excluding hydrogens is 740 g/mol. The molecule has 10 unspecified atom stereocenters. The lowest BCUT2D eigenvalue weighted by atomic mass is 9.96. The molecule has 4 heterocycles. The van der Waals surface area contributed by atoms with Crippen molar-refractivity contribution < 1.29 is 82.9 Å². The van der Waals surface area contributed by atoms with Crippen LogP contribution in [0.15, 0.2) is 29.5 Å². The number of nitrogens with zero attached hydrogens (tertiary/aromatic N) is 3. The number of rotatable bonds is 18. The minimum absolute atomic E-state index is 0. The Hall–Kier alpha value is -3.35. The highest BCUT2D eigenvalue weighted by molar-refractivity contribution is 6.13. The molecule has 4 amide bonds. The van der Waals surface area contributed by atoms with Crippen molar-refractivity contribution in [3.8, 4) is 0 Å². The van der Waals surface area contributed by atoms with E-state index in [9.17, 15) is 38.2 Å². The molecule has 316 valence electrons. The van der Waals surface area contributed by atoms with Gasteiger partial charge in [0.25, 0.3) is 23.6 Å². The van der Waals surface area contributed by atoms with Crippen LogP contribution in [0.1, 0.15) is 58.8 Å². The van der Waals surface area contributed by atoms with Gasteiger partial charge in [0.2, 0.25) is 0 Å². The van der Waals surface area contributed by atoms with Crippen molar-refractivity contribution in [3.05, 3.63) is 24.3 Å². The summed E-state index contributed by atoms with van der Waals surface area (Å²) < 4.78 is 36.1. The van der Waals surface area contributed by atoms with Crippen LogP contribution in [0.3, 0.4) is 0 Å². The number of hydrogen-bond donors (Lipinski definition) is 8. The Bertz CT molecular complexity index is 1220. The van der Waals surface area contributed by atoms with Crippen LogP contribution in [0.4, 0.5) is 8.78 Å². The predicted molar refractivity (Wildman–Crippen MR) is 188 cm³/mol. The third-order valence-electron chi connectivity index (χ3n) is 8.55. The fourth-order valence-electron chi connectivity index (χ4n) is 5.35. The second-order valence-corrected chi connectivity index (χ2v) is 12.5. The second-order valence-electron chi connectivity index (χ2n) is 12.5. The van der Waals surface area contributed by atoms with Crippen LogP contribution >= 0.6 is 0 Å². The maximum absolute atomic E-state index is 13.9. The van der Waals surface area contributed by atoms with Gasteiger partial charge < -0.3 is 54.9 Å². The van der Waals surface area contributed by atoms with Gasteiger partial charge in [-0.3, -0.25) is 29.0 Å². The van der Waals surface area contributed by atoms with Crippen molar-refractivity contribution in [2.24, 2.45) is 11.1 Å². The fourth-order valence-corrected chi connectivity index (χ4v) is 5.35. The molecule has 0 aromatic rings. The average molecular weight is 797 g/mol. The number of halogens is 2. The maximum Gasteiger partial charge on any atom is 0.253 e. The summed E-state index contributed by atoms with van der Waals surface area (Å²) >= 11 is 0. The zero-order chi connectivity index (χ0) is 40.2. The molecule has 0 radical (unpaired) electrons. The van der Waals surface area contributed by atoms with Gasteiger partial charge in [0.1, 0.15) is 49.3 Å². The highest BCUT2D eigenvalue weighted by atomic mass is 18.2. The van der Waals surface area contributed by atoms with Gasteiger partial charge in [0, 0.05) is 37.4 Å². The number of amides is 4. The van der Waals surface area contributed by atoms with E-state index in [-0.39, 0.29) is 37.7 Å². The van der Waals surface area contributed by atoms with E-state index in [1.807, 2.05) is 0 Å². The van der Waals surface area contributed by atoms with Crippen molar-refractivity contribution in [1.82, 2.24) is 9.80 Å². The lowest BCUT2D eigenvalue weighted by molar-refractivity contribution is -0.271. The van der Waals surface area contributed by atoms with Gasteiger partial charge in [-0.1, -0.05) is 31.8 Å². The van der Waals surface area contributed by atoms with Crippen LogP contribution in [0, 0.1) is 0 Å². The molecule has 10 atom stereocenters. The Morgan fingerprint density at radius 2 is 1.07 bits per heavy atom. The van der Waals surface area contributed by atoms with Crippen LogP contribution < -0.4 is 5.90 Å². The largest absolute Gasteiger partial charge is 0.396 e. The Morgan fingerprint density at radius 3 is 1.53 bits per heavy atom. The summed E-state index contributed by atoms with van der Waals surface area (Å²) in [5, 5.41) is 67.1. The summed E-state index contributed by atoms with van der Waals surface area (Å²) in [6.45, 7) is 0.610. The van der Waals surface area contributed by atoms with Crippen LogP contribution in [0.2, 0.25) is 0 Å². The van der Waals surface area contributed by atoms with Gasteiger partial charge >= 0.3 is 0 Å². The summed E-state index contributed by atoms with van der Waals surface area (Å²) in [4.78, 5) is 56.9. The number of imide groups is 2. The second kappa shape index (κ2) is 26.5. The number of oxime groups is 1. The lowest BCUT2D eigenvalue weighted by Crippen LogP contribution is -2.57. The molecule has 21 heteroatoms. The highest BCUT2D eigenvalue weighted by Crippen LogP contribution is 2.23. The number of ether oxygens (including phenoxy) is 2. The number of aliphatic hydroxyl groups excluding tert-OH is 7. The molecule has 9 N–H and O–H groups in total. The lowest BCUT2D eigenvalue weighted by Gasteiger charge is -2.37. The monoisotopic (exact) mass is 796 g/mol. The van der Waals surface area contributed by atoms with Crippen molar-refractivity contribution in [2.45, 2.75) is 120 Å². The molecule has 0 bridgehead atoms. The molecule has 0 aromatic carbocycles. The van der Waals surface area contributed by atoms with E-state index in [1.165, 1.54) is 34.1 Å². The van der Waals surface area contributed by atoms with Crippen LogP contribution in [0.5, 0.6) is 0 Å². The fraction of sp³-hybridized carbons (Fsp3) is 0.735. The summed E-state index contributed by atoms with van der Waals surface area (Å²) in [5.74, 6) is 3.90. The minimum atomic E-state index is -2.04. The normalized spacial score (nSPS) is 30.3. The molecule has 19 nitrogen and oxygen atoms in total. The standard InChI is InChI=1S/C17H25FN2O7.C10H16N2O3.C6H11FO5.CH4/c18-15-11(27-12(10-21)16(24)17(15)25)9-19-26-8-4-2-1-3-7-20-13(22)5-6-14(20)23;11-15-8-4-2-1-3-7-12-9(13)5-6-10(12)14;7-3-5(10)4(9)2(1-8)12-6(3)11;/h5-6,9,11-12,15-17,21,24-25H,1-4,7-8,10H2;5-6H,1-4,7-8,11H2;2-6,8-11H,1H2;1H4/b19-9+;;;/i18-1;;7-1;. The number of nitrogens with two attached hydrogens (primary N) is 1. The van der Waals surface area contributed by atoms with E-state index < -0.39 is 74.6 Å². The zero-order valence-electron chi connectivity index (χ0n) is 29.6. The van der Waals surface area contributed by atoms with Crippen LogP contribution in [-0.2, 0) is 38.3 Å². The van der Waals surface area contributed by atoms with Crippen molar-refractivity contribution >= 4 is 29.8 Å². The van der Waals surface area contributed by atoms with Crippen molar-refractivity contribution in [2.75, 3.05) is 39.5 Å². The summed E-state index contributed by atoms with van der Waals surface area (Å²) in [6.07, 6.45) is -2.63. The van der Waals surface area contributed by atoms with E-state index in [2.05, 4.69) is 14.7 Å². The summed E-state index contributed by atoms with van der Waals surface area (Å²) in [7, 11) is 0. The van der Waals surface area contributed by atoms with Gasteiger partial charge in [0.05, 0.1) is 26.0 Å². The van der Waals surface area contributed by atoms with E-state index >= 15 is 0 Å². The first-order chi connectivity index (χ1) is 25.8. The quantitative estimate of drug-likeness (QED) is 0.0324. The Morgan fingerprint density at radius 1 is 0.655 bits per heavy atom. The van der Waals surface area contributed by atoms with Gasteiger partial charge in [-0.2, -0.15) is 0 Å². The van der Waals surface area contributed by atoms with Gasteiger partial charge in [-0.25, -0.2) is 14.7 Å². The summed E-state index contributed by atoms with van der Waals surface area (Å²) in [5.41, 5.74) is 0. The first-order valence-electron chi connectivity index (χ1n) is 17.5. The Kier molecular flexibility index (Phi) is 23.9. The number of carbonyl (C=O) groups excluding carboxylic acids is 4. The Balaban J connectivity index is 0.000000455. The molecule has 55 heavy (non-hydrogen) atoms. The van der Waals surface area contributed by atoms with Gasteiger partial charge in [-0.05, 0) is 32.1 Å². The van der Waals surface area contributed by atoms with Gasteiger partial charge in [-0.15, -0.1) is 0 Å². The zero-order valence-corrected chi connectivity index (χ0v) is 29.6. The molecule has 2 saturated heterocycles. The average Bonchev–Trinajstić information content (AvgIpc) is 3.66. The topological polar surface area (TPSA) is 292 Å². The number of carbonyl (C=O) groups is 4. The SMILES string of the molecule is C.NOCCCCCCN1C(=O)C=CC1=O.O=C1C=CC(=O)N1CCCCCCO/N=C/C1OC(CO)C(O)C(O)C1[18F].OCC1OC(O)C([18F])C(O)C1O. The molecule has 2 fully saturated rings. The summed E-state index contributed by atoms with van der Waals surface area (Å²) in [6, 6.07) is 0. The molecule has 0 spiro atoms. The third-order valence-corrected chi connectivity index (χ3v) is 8.55. The highest BCUT2D eigenvalue weighted by Gasteiger charge is 2.45. The molecule has 4 rings (SSSR count). The minimum Gasteiger partial charge on any atom is -0.396 e. The molecule has 0 aromatic heterocycles. The van der Waals surface area contributed by atoms with Crippen molar-refractivity contribution in [3.63, 3.8) is 0 Å². The molecule has 0 saturated carbocycles. The Labute approximate surface area is 317 Å². The third kappa shape index (κ3) is 16.0. The van der Waals surface area contributed by atoms with Gasteiger partial charge in [0.15, 0.2) is 18.6 Å². The van der Waals surface area contributed by atoms with E-state index in [4.69, 9.17) is 41.0 Å². The maximum atomic E-state index is 13.9. The van der Waals surface area contributed by atoms with Crippen LogP contribution in [-0.4, -0.2) is 176 Å². The number of unbranched alkanes of at least 4 members (excludes halogenated alkanes) is 6. The molecule has 4 aliphatic heterocycles. The molecule has 4 aliphatic rings. The van der Waals surface area contributed by atoms with Crippen LogP contribution in [0.25, 0.3) is 0 Å². The van der Waals surface area contributed by atoms with E-state index in [1.54, 1.807) is 0 Å². The first kappa shape index (κ1) is 49.7. The number of aliphatic hydroxyl groups is 7. The van der Waals surface area contributed by atoms with E-state index in [0.29, 0.717) is 32.5 Å². The molecule has 0 aliphatic carbocycles. The smallest absolute Gasteiger partial charge is 0.253 e. The van der Waals surface area contributed by atoms with E-state index in [0.717, 1.165) is 44.7 Å². The molecular formula is C34H56F2N4O15. The first-order valence-corrected chi connectivity index (χ1v) is 17.5.